The van der Waals surface area contributed by atoms with Crippen LogP contribution in [0.2, 0.25) is 0 Å². The fourth-order valence-electron chi connectivity index (χ4n) is 5.14. The maximum Gasteiger partial charge on any atom is 0.407 e. The molecule has 1 aliphatic carbocycles. The molecule has 2 heterocycles. The van der Waals surface area contributed by atoms with Gasteiger partial charge in [-0.1, -0.05) is 48.5 Å². The van der Waals surface area contributed by atoms with Crippen LogP contribution in [0.1, 0.15) is 29.9 Å². The second kappa shape index (κ2) is 10.3. The number of carboxylic acids is 1. The van der Waals surface area contributed by atoms with E-state index in [1.54, 1.807) is 0 Å². The highest BCUT2D eigenvalue weighted by atomic mass is 32.2. The maximum atomic E-state index is 12.9. The summed E-state index contributed by atoms with van der Waals surface area (Å²) in [5.74, 6) is -0.170. The zero-order valence-corrected chi connectivity index (χ0v) is 20.0. The number of carbonyl (C=O) groups excluding carboxylic acids is 2. The van der Waals surface area contributed by atoms with E-state index < -0.39 is 24.2 Å². The van der Waals surface area contributed by atoms with Crippen LogP contribution in [0, 0.1) is 0 Å². The summed E-state index contributed by atoms with van der Waals surface area (Å²) in [6, 6.07) is 15.5. The number of alkyl carbamates (subject to hydrolysis) is 1. The Morgan fingerprint density at radius 2 is 1.74 bits per heavy atom. The molecule has 2 aromatic rings. The van der Waals surface area contributed by atoms with Crippen LogP contribution in [0.5, 0.6) is 0 Å². The number of aliphatic carboxylic acids is 1. The number of fused-ring (bicyclic) bond motifs is 3. The Labute approximate surface area is 208 Å². The molecule has 2 fully saturated rings. The molecule has 0 saturated carbocycles. The molecule has 2 aliphatic heterocycles. The lowest BCUT2D eigenvalue weighted by Crippen LogP contribution is -2.53. The first-order chi connectivity index (χ1) is 17.0. The maximum absolute atomic E-state index is 12.9. The van der Waals surface area contributed by atoms with Crippen molar-refractivity contribution in [2.24, 2.45) is 0 Å². The summed E-state index contributed by atoms with van der Waals surface area (Å²) in [5, 5.41) is 12.2. The molecule has 2 aromatic carbocycles. The fourth-order valence-corrected chi connectivity index (χ4v) is 6.18. The smallest absolute Gasteiger partial charge is 0.407 e. The molecule has 3 atom stereocenters. The Kier molecular flexibility index (Phi) is 6.97. The Balaban J connectivity index is 1.11. The Morgan fingerprint density at radius 1 is 1.06 bits per heavy atom. The molecule has 2 saturated heterocycles. The van der Waals surface area contributed by atoms with E-state index in [2.05, 4.69) is 29.6 Å². The predicted octanol–water partition coefficient (Wildman–Crippen LogP) is 3.10. The second-order valence-electron chi connectivity index (χ2n) is 8.99. The van der Waals surface area contributed by atoms with Crippen LogP contribution < -0.4 is 5.32 Å². The zero-order valence-electron chi connectivity index (χ0n) is 19.2. The third kappa shape index (κ3) is 4.88. The minimum absolute atomic E-state index is 0.0113. The fraction of sp³-hybridized carbons (Fsp3) is 0.423. The van der Waals surface area contributed by atoms with Crippen LogP contribution in [0.25, 0.3) is 11.1 Å². The van der Waals surface area contributed by atoms with E-state index in [0.29, 0.717) is 25.1 Å². The average Bonchev–Trinajstić information content (AvgIpc) is 3.49. The number of thioether (sulfide) groups is 1. The van der Waals surface area contributed by atoms with Crippen molar-refractivity contribution in [1.82, 2.24) is 10.2 Å². The van der Waals surface area contributed by atoms with Crippen LogP contribution in [0.3, 0.4) is 0 Å². The SMILES string of the molecule is O=C(NCC1CCC(C(=O)N2CCSCC2C(=O)O)O1)OCC1c2ccccc2-c2ccccc21. The van der Waals surface area contributed by atoms with Crippen molar-refractivity contribution in [1.29, 1.82) is 0 Å². The lowest BCUT2D eigenvalue weighted by molar-refractivity contribution is -0.154. The molecule has 0 spiro atoms. The first kappa shape index (κ1) is 23.7. The highest BCUT2D eigenvalue weighted by Crippen LogP contribution is 2.44. The Morgan fingerprint density at radius 3 is 2.43 bits per heavy atom. The summed E-state index contributed by atoms with van der Waals surface area (Å²) in [7, 11) is 0. The normalized spacial score (nSPS) is 23.4. The van der Waals surface area contributed by atoms with E-state index >= 15 is 0 Å². The van der Waals surface area contributed by atoms with Crippen LogP contribution in [-0.4, -0.2) is 77.4 Å². The van der Waals surface area contributed by atoms with Crippen LogP contribution in [-0.2, 0) is 19.1 Å². The lowest BCUT2D eigenvalue weighted by Gasteiger charge is -2.34. The summed E-state index contributed by atoms with van der Waals surface area (Å²) in [4.78, 5) is 38.2. The molecule has 5 rings (SSSR count). The van der Waals surface area contributed by atoms with Crippen molar-refractivity contribution in [3.8, 4) is 11.1 Å². The van der Waals surface area contributed by atoms with Crippen LogP contribution >= 0.6 is 11.8 Å². The van der Waals surface area contributed by atoms with Crippen molar-refractivity contribution >= 4 is 29.7 Å². The lowest BCUT2D eigenvalue weighted by atomic mass is 9.98. The third-order valence-electron chi connectivity index (χ3n) is 6.90. The molecule has 8 nitrogen and oxygen atoms in total. The zero-order chi connectivity index (χ0) is 24.4. The molecular weight excluding hydrogens is 468 g/mol. The van der Waals surface area contributed by atoms with Gasteiger partial charge in [-0.25, -0.2) is 9.59 Å². The van der Waals surface area contributed by atoms with Gasteiger partial charge in [-0.2, -0.15) is 11.8 Å². The van der Waals surface area contributed by atoms with E-state index in [0.717, 1.165) is 16.9 Å². The van der Waals surface area contributed by atoms with E-state index in [9.17, 15) is 19.5 Å². The quantitative estimate of drug-likeness (QED) is 0.633. The van der Waals surface area contributed by atoms with E-state index in [1.165, 1.54) is 27.8 Å². The number of nitrogens with zero attached hydrogens (tertiary/aromatic N) is 1. The summed E-state index contributed by atoms with van der Waals surface area (Å²) in [5.41, 5.74) is 4.64. The molecule has 3 aliphatic rings. The Hall–Kier alpha value is -3.04. The number of nitrogens with one attached hydrogen (secondary N) is 1. The minimum Gasteiger partial charge on any atom is -0.480 e. The van der Waals surface area contributed by atoms with Gasteiger partial charge in [-0.3, -0.25) is 4.79 Å². The second-order valence-corrected chi connectivity index (χ2v) is 10.1. The van der Waals surface area contributed by atoms with E-state index in [1.807, 2.05) is 24.3 Å². The van der Waals surface area contributed by atoms with Crippen LogP contribution in [0.4, 0.5) is 4.79 Å². The molecule has 35 heavy (non-hydrogen) atoms. The predicted molar refractivity (Wildman–Crippen MR) is 131 cm³/mol. The monoisotopic (exact) mass is 496 g/mol. The highest BCUT2D eigenvalue weighted by Gasteiger charge is 2.39. The molecule has 2 amide bonds. The van der Waals surface area contributed by atoms with Gasteiger partial charge in [-0.15, -0.1) is 0 Å². The molecule has 184 valence electrons. The van der Waals surface area contributed by atoms with Gasteiger partial charge < -0.3 is 24.8 Å². The highest BCUT2D eigenvalue weighted by molar-refractivity contribution is 7.99. The molecule has 3 unspecified atom stereocenters. The van der Waals surface area contributed by atoms with Crippen molar-refractivity contribution in [3.05, 3.63) is 59.7 Å². The Bertz CT molecular complexity index is 1080. The molecule has 0 bridgehead atoms. The summed E-state index contributed by atoms with van der Waals surface area (Å²) in [6.07, 6.45) is -0.392. The van der Waals surface area contributed by atoms with E-state index in [-0.39, 0.29) is 31.1 Å². The first-order valence-electron chi connectivity index (χ1n) is 11.9. The van der Waals surface area contributed by atoms with Gasteiger partial charge in [-0.05, 0) is 35.1 Å². The topological polar surface area (TPSA) is 105 Å². The van der Waals surface area contributed by atoms with Gasteiger partial charge in [0.25, 0.3) is 5.91 Å². The number of amides is 2. The summed E-state index contributed by atoms with van der Waals surface area (Å²) >= 11 is 1.54. The molecule has 9 heteroatoms. The van der Waals surface area contributed by atoms with E-state index in [4.69, 9.17) is 9.47 Å². The number of rotatable bonds is 6. The number of benzene rings is 2. The van der Waals surface area contributed by atoms with Crippen LogP contribution in [0.15, 0.2) is 48.5 Å². The van der Waals surface area contributed by atoms with Gasteiger partial charge in [0.2, 0.25) is 0 Å². The number of carbonyl (C=O) groups is 3. The molecule has 0 radical (unpaired) electrons. The van der Waals surface area contributed by atoms with Gasteiger partial charge in [0.15, 0.2) is 0 Å². The molecule has 2 N–H and O–H groups in total. The largest absolute Gasteiger partial charge is 0.480 e. The minimum atomic E-state index is -0.989. The number of hydrogen-bond acceptors (Lipinski definition) is 6. The standard InChI is InChI=1S/C26H28N2O6S/c29-24(28-11-12-35-15-22(28)25(30)31)23-10-9-16(34-23)13-27-26(32)33-14-21-19-7-3-1-5-17(19)18-6-2-4-8-20(18)21/h1-8,16,21-23H,9-15H2,(H,27,32)(H,30,31). The number of hydrogen-bond donors (Lipinski definition) is 2. The van der Waals surface area contributed by atoms with Gasteiger partial charge in [0, 0.05) is 30.5 Å². The molecular formula is C26H28N2O6S. The third-order valence-corrected chi connectivity index (χ3v) is 7.92. The number of ether oxygens (including phenoxy) is 2. The van der Waals surface area contributed by atoms with Gasteiger partial charge in [0.05, 0.1) is 6.10 Å². The van der Waals surface area contributed by atoms with Crippen molar-refractivity contribution < 1.29 is 29.0 Å². The van der Waals surface area contributed by atoms with Crippen molar-refractivity contribution in [3.63, 3.8) is 0 Å². The van der Waals surface area contributed by atoms with Crippen molar-refractivity contribution in [2.75, 3.05) is 31.2 Å². The number of carboxylic acid groups (broad SMARTS) is 1. The summed E-state index contributed by atoms with van der Waals surface area (Å²) in [6.45, 7) is 0.873. The van der Waals surface area contributed by atoms with Gasteiger partial charge in [0.1, 0.15) is 18.8 Å². The molecule has 0 aromatic heterocycles. The van der Waals surface area contributed by atoms with Crippen molar-refractivity contribution in [2.45, 2.75) is 37.0 Å². The van der Waals surface area contributed by atoms with Gasteiger partial charge >= 0.3 is 12.1 Å². The first-order valence-corrected chi connectivity index (χ1v) is 13.0. The average molecular weight is 497 g/mol. The summed E-state index contributed by atoms with van der Waals surface area (Å²) < 4.78 is 11.4.